The summed E-state index contributed by atoms with van der Waals surface area (Å²) >= 11 is 0. The van der Waals surface area contributed by atoms with Gasteiger partial charge in [0.25, 0.3) is 0 Å². The predicted molar refractivity (Wildman–Crippen MR) is 99.8 cm³/mol. The molecular weight excluding hydrogens is 368 g/mol. The van der Waals surface area contributed by atoms with Crippen LogP contribution in [0.2, 0.25) is 0 Å². The Morgan fingerprint density at radius 2 is 2.26 bits per heavy atom. The lowest BCUT2D eigenvalue weighted by Crippen LogP contribution is -2.63. The second-order valence-electron chi connectivity index (χ2n) is 8.22. The summed E-state index contributed by atoms with van der Waals surface area (Å²) in [7, 11) is -3.02. The van der Waals surface area contributed by atoms with E-state index in [0.717, 1.165) is 25.1 Å². The number of morpholine rings is 1. The molecule has 3 heterocycles. The summed E-state index contributed by atoms with van der Waals surface area (Å²) in [6.07, 6.45) is 7.16. The summed E-state index contributed by atoms with van der Waals surface area (Å²) < 4.78 is 29.6. The van der Waals surface area contributed by atoms with E-state index >= 15 is 0 Å². The summed E-state index contributed by atoms with van der Waals surface area (Å²) in [6.45, 7) is 4.25. The molecule has 0 radical (unpaired) electrons. The predicted octanol–water partition coefficient (Wildman–Crippen LogP) is 0.569. The van der Waals surface area contributed by atoms with E-state index in [1.165, 1.54) is 6.42 Å². The van der Waals surface area contributed by atoms with Crippen LogP contribution in [0.4, 0.5) is 0 Å². The molecule has 150 valence electrons. The average molecular weight is 397 g/mol. The lowest BCUT2D eigenvalue weighted by atomic mass is 9.74. The van der Waals surface area contributed by atoms with Gasteiger partial charge >= 0.3 is 0 Å². The zero-order valence-corrected chi connectivity index (χ0v) is 16.6. The molecular formula is C18H28N4O4S. The van der Waals surface area contributed by atoms with Crippen LogP contribution in [0, 0.1) is 0 Å². The topological polar surface area (TPSA) is 95.6 Å². The van der Waals surface area contributed by atoms with Crippen LogP contribution in [0.1, 0.15) is 38.3 Å². The van der Waals surface area contributed by atoms with Gasteiger partial charge in [-0.15, -0.1) is 0 Å². The number of aromatic amines is 1. The smallest absolute Gasteiger partial charge is 0.225 e. The van der Waals surface area contributed by atoms with E-state index in [-0.39, 0.29) is 41.6 Å². The molecule has 1 amide bonds. The van der Waals surface area contributed by atoms with Gasteiger partial charge in [-0.3, -0.25) is 9.69 Å². The van der Waals surface area contributed by atoms with Gasteiger partial charge in [-0.05, 0) is 26.2 Å². The zero-order valence-electron chi connectivity index (χ0n) is 15.8. The number of imidazole rings is 1. The molecule has 1 saturated carbocycles. The highest BCUT2D eigenvalue weighted by Crippen LogP contribution is 2.41. The fourth-order valence-electron chi connectivity index (χ4n) is 4.52. The molecule has 27 heavy (non-hydrogen) atoms. The molecule has 1 N–H and O–H groups in total. The van der Waals surface area contributed by atoms with E-state index in [9.17, 15) is 13.2 Å². The molecule has 3 aliphatic rings. The SMILES string of the molecule is C[C@@H]1CS(=O)(=O)CCN1C(=O)CC1CN(Cc2cnc[nH]2)C2(CCC2)CO1. The number of amides is 1. The molecule has 1 aromatic heterocycles. The maximum absolute atomic E-state index is 12.8. The van der Waals surface area contributed by atoms with Crippen LogP contribution in [-0.2, 0) is 25.9 Å². The Bertz CT molecular complexity index is 775. The van der Waals surface area contributed by atoms with E-state index in [1.807, 2.05) is 13.1 Å². The third-order valence-corrected chi connectivity index (χ3v) is 8.07. The van der Waals surface area contributed by atoms with Gasteiger partial charge in [0.2, 0.25) is 5.91 Å². The number of carbonyl (C=O) groups excluding carboxylic acids is 1. The molecule has 9 heteroatoms. The van der Waals surface area contributed by atoms with Crippen molar-refractivity contribution in [3.8, 4) is 0 Å². The molecule has 3 fully saturated rings. The molecule has 8 nitrogen and oxygen atoms in total. The summed E-state index contributed by atoms with van der Waals surface area (Å²) in [5.41, 5.74) is 1.17. The number of H-pyrrole nitrogens is 1. The number of nitrogens with one attached hydrogen (secondary N) is 1. The fraction of sp³-hybridized carbons (Fsp3) is 0.778. The quantitative estimate of drug-likeness (QED) is 0.799. The van der Waals surface area contributed by atoms with Gasteiger partial charge in [0, 0.05) is 43.1 Å². The van der Waals surface area contributed by atoms with Gasteiger partial charge in [0.1, 0.15) is 0 Å². The molecule has 1 aromatic rings. The van der Waals surface area contributed by atoms with Gasteiger partial charge in [-0.25, -0.2) is 13.4 Å². The lowest BCUT2D eigenvalue weighted by molar-refractivity contribution is -0.159. The van der Waals surface area contributed by atoms with Gasteiger partial charge in [0.15, 0.2) is 9.84 Å². The first kappa shape index (κ1) is 18.9. The van der Waals surface area contributed by atoms with Crippen molar-refractivity contribution in [2.45, 2.75) is 56.8 Å². The first-order valence-electron chi connectivity index (χ1n) is 9.71. The fourth-order valence-corrected chi connectivity index (χ4v) is 6.07. The van der Waals surface area contributed by atoms with Crippen molar-refractivity contribution in [3.63, 3.8) is 0 Å². The number of sulfone groups is 1. The second-order valence-corrected chi connectivity index (χ2v) is 10.5. The van der Waals surface area contributed by atoms with Crippen molar-refractivity contribution in [3.05, 3.63) is 18.2 Å². The molecule has 0 bridgehead atoms. The van der Waals surface area contributed by atoms with Crippen molar-refractivity contribution in [2.75, 3.05) is 31.2 Å². The molecule has 1 unspecified atom stereocenters. The molecule has 0 aromatic carbocycles. The van der Waals surface area contributed by atoms with E-state index < -0.39 is 9.84 Å². The Hall–Kier alpha value is -1.45. The Morgan fingerprint density at radius 1 is 1.44 bits per heavy atom. The summed E-state index contributed by atoms with van der Waals surface area (Å²) in [5, 5.41) is 0. The zero-order chi connectivity index (χ0) is 19.1. The Morgan fingerprint density at radius 3 is 2.89 bits per heavy atom. The Labute approximate surface area is 160 Å². The van der Waals surface area contributed by atoms with Gasteiger partial charge in [-0.2, -0.15) is 0 Å². The maximum Gasteiger partial charge on any atom is 0.225 e. The van der Waals surface area contributed by atoms with Crippen LogP contribution in [0.15, 0.2) is 12.5 Å². The Kier molecular flexibility index (Phi) is 5.02. The number of aromatic nitrogens is 2. The highest BCUT2D eigenvalue weighted by molar-refractivity contribution is 7.91. The Balaban J connectivity index is 1.38. The van der Waals surface area contributed by atoms with Gasteiger partial charge in [0.05, 0.1) is 37.0 Å². The van der Waals surface area contributed by atoms with Crippen LogP contribution in [0.25, 0.3) is 0 Å². The molecule has 2 atom stereocenters. The number of nitrogens with zero attached hydrogens (tertiary/aromatic N) is 3. The van der Waals surface area contributed by atoms with Crippen molar-refractivity contribution in [1.29, 1.82) is 0 Å². The monoisotopic (exact) mass is 396 g/mol. The maximum atomic E-state index is 12.8. The minimum Gasteiger partial charge on any atom is -0.374 e. The van der Waals surface area contributed by atoms with Crippen LogP contribution in [0.5, 0.6) is 0 Å². The molecule has 2 aliphatic heterocycles. The first-order chi connectivity index (χ1) is 12.9. The average Bonchev–Trinajstić information content (AvgIpc) is 3.05. The third-order valence-electron chi connectivity index (χ3n) is 6.28. The van der Waals surface area contributed by atoms with Gasteiger partial charge < -0.3 is 14.6 Å². The minimum atomic E-state index is -3.02. The van der Waals surface area contributed by atoms with E-state index in [0.29, 0.717) is 19.6 Å². The van der Waals surface area contributed by atoms with Crippen LogP contribution < -0.4 is 0 Å². The molecule has 2 saturated heterocycles. The van der Waals surface area contributed by atoms with Crippen LogP contribution >= 0.6 is 0 Å². The summed E-state index contributed by atoms with van der Waals surface area (Å²) in [6, 6.07) is -0.265. The normalized spacial score (nSPS) is 30.2. The van der Waals surface area contributed by atoms with Crippen molar-refractivity contribution < 1.29 is 17.9 Å². The highest BCUT2D eigenvalue weighted by Gasteiger charge is 2.47. The number of carbonyl (C=O) groups is 1. The second kappa shape index (κ2) is 7.18. The minimum absolute atomic E-state index is 0.00607. The number of hydrogen-bond donors (Lipinski definition) is 1. The van der Waals surface area contributed by atoms with Crippen molar-refractivity contribution in [2.24, 2.45) is 0 Å². The summed E-state index contributed by atoms with van der Waals surface area (Å²) in [5.74, 6) is 0.108. The highest BCUT2D eigenvalue weighted by atomic mass is 32.2. The number of ether oxygens (including phenoxy) is 1. The largest absolute Gasteiger partial charge is 0.374 e. The number of hydrogen-bond acceptors (Lipinski definition) is 6. The van der Waals surface area contributed by atoms with E-state index in [2.05, 4.69) is 14.9 Å². The standard InChI is InChI=1S/C18H28N4O4S/c1-14-11-27(24,25)6-5-22(14)17(23)7-16-10-21(9-15-8-19-13-20-15)18(12-26-16)3-2-4-18/h8,13-14,16H,2-7,9-12H2,1H3,(H,19,20)/t14-,16?/m1/s1. The van der Waals surface area contributed by atoms with Crippen molar-refractivity contribution in [1.82, 2.24) is 19.8 Å². The summed E-state index contributed by atoms with van der Waals surface area (Å²) in [4.78, 5) is 24.2. The molecule has 1 aliphatic carbocycles. The van der Waals surface area contributed by atoms with Crippen molar-refractivity contribution >= 4 is 15.7 Å². The van der Waals surface area contributed by atoms with Crippen LogP contribution in [0.3, 0.4) is 0 Å². The molecule has 4 rings (SSSR count). The van der Waals surface area contributed by atoms with Crippen LogP contribution in [-0.4, -0.2) is 83.0 Å². The van der Waals surface area contributed by atoms with E-state index in [1.54, 1.807) is 11.2 Å². The first-order valence-corrected chi connectivity index (χ1v) is 11.5. The van der Waals surface area contributed by atoms with Gasteiger partial charge in [-0.1, -0.05) is 0 Å². The number of rotatable bonds is 4. The van der Waals surface area contributed by atoms with E-state index in [4.69, 9.17) is 4.74 Å². The molecule has 1 spiro atoms. The third kappa shape index (κ3) is 3.90. The lowest BCUT2D eigenvalue weighted by Gasteiger charge is -2.54.